The van der Waals surface area contributed by atoms with Gasteiger partial charge in [-0.2, -0.15) is 0 Å². The summed E-state index contributed by atoms with van der Waals surface area (Å²) >= 11 is 0. The van der Waals surface area contributed by atoms with E-state index in [2.05, 4.69) is 34.6 Å². The lowest BCUT2D eigenvalue weighted by atomic mass is 9.99. The first-order valence-corrected chi connectivity index (χ1v) is 37.7. The summed E-state index contributed by atoms with van der Waals surface area (Å²) in [6.45, 7) is 7.16. The van der Waals surface area contributed by atoms with Crippen LogP contribution in [0.3, 0.4) is 0 Å². The highest BCUT2D eigenvalue weighted by atomic mass is 31.2. The Bertz CT molecular complexity index is 1650. The molecule has 0 aromatic rings. The number of carbonyl (C=O) groups is 4. The molecular weight excluding hydrogens is 1130 g/mol. The Balaban J connectivity index is 5.18. The zero-order valence-electron chi connectivity index (χ0n) is 54.7. The number of phosphoric acid groups is 2. The molecule has 85 heavy (non-hydrogen) atoms. The Hall–Kier alpha value is -1.94. The molecule has 0 saturated heterocycles. The Morgan fingerprint density at radius 2 is 0.565 bits per heavy atom. The maximum Gasteiger partial charge on any atom is 0.472 e. The van der Waals surface area contributed by atoms with Crippen molar-refractivity contribution in [3.63, 3.8) is 0 Å². The Morgan fingerprint density at radius 3 is 0.835 bits per heavy atom. The van der Waals surface area contributed by atoms with Gasteiger partial charge in [-0.15, -0.1) is 0 Å². The number of aliphatic hydroxyl groups excluding tert-OH is 1. The van der Waals surface area contributed by atoms with Crippen molar-refractivity contribution in [2.75, 3.05) is 39.6 Å². The molecule has 0 aliphatic heterocycles. The molecule has 3 unspecified atom stereocenters. The molecule has 3 N–H and O–H groups in total. The molecule has 0 aliphatic carbocycles. The van der Waals surface area contributed by atoms with Crippen molar-refractivity contribution in [3.05, 3.63) is 0 Å². The normalized spacial score (nSPS) is 14.5. The fourth-order valence-electron chi connectivity index (χ4n) is 9.90. The molecule has 19 heteroatoms. The van der Waals surface area contributed by atoms with Gasteiger partial charge in [0.15, 0.2) is 12.2 Å². The van der Waals surface area contributed by atoms with E-state index in [1.165, 1.54) is 154 Å². The van der Waals surface area contributed by atoms with Gasteiger partial charge in [0.2, 0.25) is 0 Å². The molecule has 0 aromatic carbocycles. The maximum absolute atomic E-state index is 13.0. The van der Waals surface area contributed by atoms with Crippen LogP contribution in [0.1, 0.15) is 336 Å². The maximum atomic E-state index is 13.0. The molecule has 0 bridgehead atoms. The van der Waals surface area contributed by atoms with E-state index in [0.717, 1.165) is 102 Å². The van der Waals surface area contributed by atoms with Crippen molar-refractivity contribution in [2.45, 2.75) is 355 Å². The minimum absolute atomic E-state index is 0.106. The van der Waals surface area contributed by atoms with E-state index in [-0.39, 0.29) is 25.7 Å². The van der Waals surface area contributed by atoms with E-state index >= 15 is 0 Å². The summed E-state index contributed by atoms with van der Waals surface area (Å²) in [6, 6.07) is 0. The van der Waals surface area contributed by atoms with E-state index in [1.54, 1.807) is 0 Å². The predicted molar refractivity (Wildman–Crippen MR) is 340 cm³/mol. The highest BCUT2D eigenvalue weighted by Gasteiger charge is 2.30. The molecule has 0 spiro atoms. The second-order valence-electron chi connectivity index (χ2n) is 24.1. The van der Waals surface area contributed by atoms with Gasteiger partial charge in [0.05, 0.1) is 26.4 Å². The molecule has 0 heterocycles. The number of hydrogen-bond donors (Lipinski definition) is 3. The summed E-state index contributed by atoms with van der Waals surface area (Å²) in [6.07, 6.45) is 44.6. The van der Waals surface area contributed by atoms with Crippen LogP contribution in [-0.4, -0.2) is 96.7 Å². The van der Waals surface area contributed by atoms with Crippen molar-refractivity contribution >= 4 is 39.5 Å². The summed E-state index contributed by atoms with van der Waals surface area (Å²) in [4.78, 5) is 72.1. The number of phosphoric ester groups is 2. The number of hydrogen-bond acceptors (Lipinski definition) is 15. The third-order valence-electron chi connectivity index (χ3n) is 15.6. The number of unbranched alkanes of at least 4 members (excludes halogenated alkanes) is 37. The Morgan fingerprint density at radius 1 is 0.329 bits per heavy atom. The summed E-state index contributed by atoms with van der Waals surface area (Å²) in [5.41, 5.74) is 0. The number of ether oxygens (including phenoxy) is 4. The van der Waals surface area contributed by atoms with Gasteiger partial charge >= 0.3 is 39.5 Å². The highest BCUT2D eigenvalue weighted by molar-refractivity contribution is 7.47. The van der Waals surface area contributed by atoms with Gasteiger partial charge in [0.1, 0.15) is 19.3 Å². The molecule has 0 fully saturated rings. The summed E-state index contributed by atoms with van der Waals surface area (Å²) < 4.78 is 67.9. The average molecular weight is 1260 g/mol. The zero-order valence-corrected chi connectivity index (χ0v) is 56.5. The molecule has 17 nitrogen and oxygen atoms in total. The largest absolute Gasteiger partial charge is 0.472 e. The molecule has 0 radical (unpaired) electrons. The van der Waals surface area contributed by atoms with E-state index in [9.17, 15) is 43.2 Å². The molecule has 504 valence electrons. The molecule has 0 aromatic heterocycles. The van der Waals surface area contributed by atoms with Gasteiger partial charge in [-0.25, -0.2) is 9.13 Å². The third-order valence-corrected chi connectivity index (χ3v) is 17.5. The SMILES string of the molecule is CCCCCCCCCCCCCCCCCC(=O)O[C@H](COC(=O)CCCCCCCCCCCCC(C)CC)COP(=O)(O)OC[C@@H](O)COP(=O)(O)OC[C@@H](COC(=O)CCCCCCC)OC(=O)CCCCCCCCCCCCC. The number of carbonyl (C=O) groups excluding carboxylic acids is 4. The lowest BCUT2D eigenvalue weighted by Crippen LogP contribution is -2.30. The second-order valence-corrected chi connectivity index (χ2v) is 27.0. The lowest BCUT2D eigenvalue weighted by molar-refractivity contribution is -0.161. The number of aliphatic hydroxyl groups is 1. The average Bonchev–Trinajstić information content (AvgIpc) is 3.53. The first-order chi connectivity index (χ1) is 41.1. The first kappa shape index (κ1) is 83.1. The minimum Gasteiger partial charge on any atom is -0.462 e. The molecule has 0 amide bonds. The molecule has 0 rings (SSSR count). The topological polar surface area (TPSA) is 237 Å². The van der Waals surface area contributed by atoms with Crippen LogP contribution in [-0.2, 0) is 65.4 Å². The van der Waals surface area contributed by atoms with Gasteiger partial charge in [-0.1, -0.05) is 285 Å². The summed E-state index contributed by atoms with van der Waals surface area (Å²) in [5, 5.41) is 10.5. The van der Waals surface area contributed by atoms with Crippen LogP contribution in [0.5, 0.6) is 0 Å². The highest BCUT2D eigenvalue weighted by Crippen LogP contribution is 2.45. The van der Waals surface area contributed by atoms with Crippen molar-refractivity contribution in [2.24, 2.45) is 5.92 Å². The molecule has 0 saturated carbocycles. The number of esters is 4. The van der Waals surface area contributed by atoms with E-state index < -0.39 is 97.5 Å². The lowest BCUT2D eigenvalue weighted by Gasteiger charge is -2.21. The monoisotopic (exact) mass is 1250 g/mol. The van der Waals surface area contributed by atoms with Crippen molar-refractivity contribution < 1.29 is 80.2 Å². The van der Waals surface area contributed by atoms with Crippen molar-refractivity contribution in [1.82, 2.24) is 0 Å². The second kappa shape index (κ2) is 59.7. The van der Waals surface area contributed by atoms with Crippen LogP contribution < -0.4 is 0 Å². The predicted octanol–water partition coefficient (Wildman–Crippen LogP) is 18.6. The quantitative estimate of drug-likeness (QED) is 0.0222. The van der Waals surface area contributed by atoms with E-state index in [1.807, 2.05) is 0 Å². The Kier molecular flexibility index (Phi) is 58.3. The summed E-state index contributed by atoms with van der Waals surface area (Å²) in [5.74, 6) is -1.33. The van der Waals surface area contributed by atoms with Gasteiger partial charge in [-0.05, 0) is 31.6 Å². The van der Waals surface area contributed by atoms with Gasteiger partial charge < -0.3 is 33.8 Å². The van der Waals surface area contributed by atoms with Crippen LogP contribution in [0, 0.1) is 5.92 Å². The third kappa shape index (κ3) is 59.5. The molecular formula is C66H128O17P2. The van der Waals surface area contributed by atoms with Crippen molar-refractivity contribution in [1.29, 1.82) is 0 Å². The van der Waals surface area contributed by atoms with E-state index in [4.69, 9.17) is 37.0 Å². The Labute approximate surface area is 517 Å². The van der Waals surface area contributed by atoms with Crippen molar-refractivity contribution in [3.8, 4) is 0 Å². The minimum atomic E-state index is -4.95. The van der Waals surface area contributed by atoms with Gasteiger partial charge in [-0.3, -0.25) is 37.3 Å². The van der Waals surface area contributed by atoms with Crippen LogP contribution >= 0.6 is 15.6 Å². The van der Waals surface area contributed by atoms with Crippen LogP contribution in [0.15, 0.2) is 0 Å². The fourth-order valence-corrected chi connectivity index (χ4v) is 11.5. The zero-order chi connectivity index (χ0) is 62.8. The standard InChI is InChI=1S/C66H128O17P2/c1-6-10-13-16-18-20-22-23-24-25-27-33-37-42-47-52-66(71)83-62(56-77-64(69)50-45-40-35-31-29-28-30-34-39-43-48-59(5)9-4)58-81-85(74,75)79-54-60(67)53-78-84(72,73)80-57-61(55-76-63(68)49-44-38-15-12-8-3)82-65(70)51-46-41-36-32-26-21-19-17-14-11-7-2/h59-62,67H,6-58H2,1-5H3,(H,72,73)(H,74,75)/t59?,60-,61+,62+/m0/s1. The smallest absolute Gasteiger partial charge is 0.462 e. The van der Waals surface area contributed by atoms with Crippen LogP contribution in [0.4, 0.5) is 0 Å². The molecule has 0 aliphatic rings. The molecule has 6 atom stereocenters. The first-order valence-electron chi connectivity index (χ1n) is 34.7. The van der Waals surface area contributed by atoms with Gasteiger partial charge in [0, 0.05) is 25.7 Å². The summed E-state index contributed by atoms with van der Waals surface area (Å²) in [7, 11) is -9.88. The van der Waals surface area contributed by atoms with E-state index in [0.29, 0.717) is 25.7 Å². The van der Waals surface area contributed by atoms with Crippen LogP contribution in [0.2, 0.25) is 0 Å². The van der Waals surface area contributed by atoms with Crippen LogP contribution in [0.25, 0.3) is 0 Å². The fraction of sp³-hybridized carbons (Fsp3) is 0.939. The van der Waals surface area contributed by atoms with Gasteiger partial charge in [0.25, 0.3) is 0 Å². The number of rotatable bonds is 66.